The third-order valence-corrected chi connectivity index (χ3v) is 3.29. The molecule has 0 aromatic rings. The second-order valence-electron chi connectivity index (χ2n) is 5.06. The number of amides is 1. The zero-order valence-corrected chi connectivity index (χ0v) is 11.9. The summed E-state index contributed by atoms with van der Waals surface area (Å²) in [5.41, 5.74) is 0. The zero-order chi connectivity index (χ0) is 12.7. The number of carbonyl (C=O) groups excluding carboxylic acids is 1. The second kappa shape index (κ2) is 7.70. The van der Waals surface area contributed by atoms with E-state index in [2.05, 4.69) is 13.8 Å². The molecule has 0 unspecified atom stereocenters. The Bertz CT molecular complexity index is 191. The van der Waals surface area contributed by atoms with Crippen molar-refractivity contribution in [1.82, 2.24) is 4.90 Å². The first-order chi connectivity index (χ1) is 7.52. The van der Waals surface area contributed by atoms with Crippen LogP contribution in [-0.4, -0.2) is 23.9 Å². The first-order valence-electron chi connectivity index (χ1n) is 6.81. The molecule has 1 saturated heterocycles. The predicted octanol–water partition coefficient (Wildman–Crippen LogP) is 3.56. The van der Waals surface area contributed by atoms with Crippen molar-refractivity contribution in [3.8, 4) is 0 Å². The highest BCUT2D eigenvalue weighted by molar-refractivity contribution is 5.78. The number of nitrogens with zero attached hydrogens (tertiary/aromatic N) is 1. The molecule has 1 amide bonds. The molecule has 0 saturated carbocycles. The average Bonchev–Trinajstić information content (AvgIpc) is 2.30. The maximum atomic E-state index is 11.7. The number of hydrogen-bond donors (Lipinski definition) is 0. The molecule has 1 heterocycles. The van der Waals surface area contributed by atoms with Gasteiger partial charge in [0.1, 0.15) is 0 Å². The molecule has 0 aromatic heterocycles. The van der Waals surface area contributed by atoms with Gasteiger partial charge in [-0.25, -0.2) is 0 Å². The molecule has 0 spiro atoms. The standard InChI is InChI=1S/C12H23NO.C2H6/c1-9(2)11-5-7-13(8-6-11)12(14)10(3)4;1-2/h9-11H,5-8H2,1-4H3;1-2H3. The van der Waals surface area contributed by atoms with Crippen molar-refractivity contribution in [1.29, 1.82) is 0 Å². The fourth-order valence-electron chi connectivity index (χ4n) is 2.15. The van der Waals surface area contributed by atoms with Gasteiger partial charge < -0.3 is 4.90 Å². The summed E-state index contributed by atoms with van der Waals surface area (Å²) >= 11 is 0. The topological polar surface area (TPSA) is 20.3 Å². The number of carbonyl (C=O) groups is 1. The van der Waals surface area contributed by atoms with E-state index in [1.165, 1.54) is 12.8 Å². The molecule has 0 aromatic carbocycles. The van der Waals surface area contributed by atoms with Crippen molar-refractivity contribution < 1.29 is 4.79 Å². The first-order valence-corrected chi connectivity index (χ1v) is 6.81. The van der Waals surface area contributed by atoms with Gasteiger partial charge in [0.05, 0.1) is 0 Å². The van der Waals surface area contributed by atoms with Gasteiger partial charge in [0.2, 0.25) is 5.91 Å². The summed E-state index contributed by atoms with van der Waals surface area (Å²) in [5, 5.41) is 0. The summed E-state index contributed by atoms with van der Waals surface area (Å²) in [5.74, 6) is 2.08. The van der Waals surface area contributed by atoms with Crippen molar-refractivity contribution in [3.63, 3.8) is 0 Å². The van der Waals surface area contributed by atoms with E-state index < -0.39 is 0 Å². The van der Waals surface area contributed by atoms with E-state index >= 15 is 0 Å². The molecule has 0 radical (unpaired) electrons. The lowest BCUT2D eigenvalue weighted by Gasteiger charge is -2.34. The lowest BCUT2D eigenvalue weighted by Crippen LogP contribution is -2.41. The lowest BCUT2D eigenvalue weighted by molar-refractivity contribution is -0.136. The summed E-state index contributed by atoms with van der Waals surface area (Å²) in [6.07, 6.45) is 2.38. The fraction of sp³-hybridized carbons (Fsp3) is 0.929. The van der Waals surface area contributed by atoms with Crippen LogP contribution in [0.15, 0.2) is 0 Å². The molecule has 1 fully saturated rings. The summed E-state index contributed by atoms with van der Waals surface area (Å²) in [6.45, 7) is 14.5. The van der Waals surface area contributed by atoms with E-state index in [4.69, 9.17) is 0 Å². The highest BCUT2D eigenvalue weighted by atomic mass is 16.2. The van der Waals surface area contributed by atoms with Crippen LogP contribution in [0, 0.1) is 17.8 Å². The largest absolute Gasteiger partial charge is 0.342 e. The third-order valence-electron chi connectivity index (χ3n) is 3.29. The van der Waals surface area contributed by atoms with Gasteiger partial charge in [-0.05, 0) is 24.7 Å². The molecule has 2 nitrogen and oxygen atoms in total. The third kappa shape index (κ3) is 4.54. The van der Waals surface area contributed by atoms with Crippen LogP contribution >= 0.6 is 0 Å². The zero-order valence-electron chi connectivity index (χ0n) is 11.9. The molecule has 96 valence electrons. The normalized spacial score (nSPS) is 17.4. The first kappa shape index (κ1) is 15.5. The van der Waals surface area contributed by atoms with Crippen LogP contribution in [0.5, 0.6) is 0 Å². The minimum atomic E-state index is 0.158. The van der Waals surface area contributed by atoms with Crippen LogP contribution in [0.4, 0.5) is 0 Å². The van der Waals surface area contributed by atoms with Crippen molar-refractivity contribution >= 4 is 5.91 Å². The Morgan fingerprint density at radius 1 is 1.06 bits per heavy atom. The quantitative estimate of drug-likeness (QED) is 0.706. The Morgan fingerprint density at radius 3 is 1.81 bits per heavy atom. The molecule has 0 N–H and O–H groups in total. The Balaban J connectivity index is 0.00000106. The summed E-state index contributed by atoms with van der Waals surface area (Å²) in [7, 11) is 0. The maximum Gasteiger partial charge on any atom is 0.225 e. The number of rotatable bonds is 2. The highest BCUT2D eigenvalue weighted by Gasteiger charge is 2.25. The van der Waals surface area contributed by atoms with Crippen LogP contribution in [0.3, 0.4) is 0 Å². The highest BCUT2D eigenvalue weighted by Crippen LogP contribution is 2.24. The molecule has 0 atom stereocenters. The molecule has 1 aliphatic rings. The van der Waals surface area contributed by atoms with Crippen LogP contribution in [0.2, 0.25) is 0 Å². The maximum absolute atomic E-state index is 11.7. The SMILES string of the molecule is CC.CC(C)C(=O)N1CCC(C(C)C)CC1. The van der Waals surface area contributed by atoms with Crippen molar-refractivity contribution in [3.05, 3.63) is 0 Å². The van der Waals surface area contributed by atoms with Crippen LogP contribution in [0.1, 0.15) is 54.4 Å². The second-order valence-corrected chi connectivity index (χ2v) is 5.06. The van der Waals surface area contributed by atoms with Gasteiger partial charge in [0.25, 0.3) is 0 Å². The molecule has 0 bridgehead atoms. The minimum absolute atomic E-state index is 0.158. The predicted molar refractivity (Wildman–Crippen MR) is 70.3 cm³/mol. The lowest BCUT2D eigenvalue weighted by atomic mass is 9.86. The van der Waals surface area contributed by atoms with Crippen LogP contribution < -0.4 is 0 Å². The Hall–Kier alpha value is -0.530. The number of likely N-dealkylation sites (tertiary alicyclic amines) is 1. The molecule has 2 heteroatoms. The molecular weight excluding hydrogens is 198 g/mol. The van der Waals surface area contributed by atoms with Crippen LogP contribution in [-0.2, 0) is 4.79 Å². The number of piperidine rings is 1. The summed E-state index contributed by atoms with van der Waals surface area (Å²) in [4.78, 5) is 13.7. The van der Waals surface area contributed by atoms with Gasteiger partial charge in [-0.2, -0.15) is 0 Å². The minimum Gasteiger partial charge on any atom is -0.342 e. The monoisotopic (exact) mass is 227 g/mol. The van der Waals surface area contributed by atoms with E-state index in [1.54, 1.807) is 0 Å². The van der Waals surface area contributed by atoms with E-state index in [0.29, 0.717) is 5.91 Å². The number of hydrogen-bond acceptors (Lipinski definition) is 1. The van der Waals surface area contributed by atoms with Gasteiger partial charge >= 0.3 is 0 Å². The molecule has 16 heavy (non-hydrogen) atoms. The average molecular weight is 227 g/mol. The Labute approximate surface area is 101 Å². The van der Waals surface area contributed by atoms with E-state index in [1.807, 2.05) is 32.6 Å². The van der Waals surface area contributed by atoms with E-state index in [-0.39, 0.29) is 5.92 Å². The summed E-state index contributed by atoms with van der Waals surface area (Å²) < 4.78 is 0. The fourth-order valence-corrected chi connectivity index (χ4v) is 2.15. The van der Waals surface area contributed by atoms with Crippen molar-refractivity contribution in [2.45, 2.75) is 54.4 Å². The molecular formula is C14H29NO. The smallest absolute Gasteiger partial charge is 0.225 e. The van der Waals surface area contributed by atoms with Gasteiger partial charge in [0, 0.05) is 19.0 Å². The van der Waals surface area contributed by atoms with Crippen molar-refractivity contribution in [2.75, 3.05) is 13.1 Å². The summed E-state index contributed by atoms with van der Waals surface area (Å²) in [6, 6.07) is 0. The van der Waals surface area contributed by atoms with Gasteiger partial charge in [-0.15, -0.1) is 0 Å². The molecule has 0 aliphatic carbocycles. The Kier molecular flexibility index (Phi) is 7.44. The van der Waals surface area contributed by atoms with E-state index in [9.17, 15) is 4.79 Å². The van der Waals surface area contributed by atoms with E-state index in [0.717, 1.165) is 24.9 Å². The Morgan fingerprint density at radius 2 is 1.50 bits per heavy atom. The van der Waals surface area contributed by atoms with Gasteiger partial charge in [0.15, 0.2) is 0 Å². The molecule has 1 aliphatic heterocycles. The van der Waals surface area contributed by atoms with Gasteiger partial charge in [-0.3, -0.25) is 4.79 Å². The molecule has 1 rings (SSSR count). The van der Waals surface area contributed by atoms with Crippen molar-refractivity contribution in [2.24, 2.45) is 17.8 Å². The van der Waals surface area contributed by atoms with Gasteiger partial charge in [-0.1, -0.05) is 41.5 Å². The van der Waals surface area contributed by atoms with Crippen LogP contribution in [0.25, 0.3) is 0 Å².